The first-order valence-electron chi connectivity index (χ1n) is 6.59. The molecular weight excluding hydrogens is 309 g/mol. The second-order valence-electron chi connectivity index (χ2n) is 5.83. The Morgan fingerprint density at radius 2 is 2.11 bits per heavy atom. The van der Waals surface area contributed by atoms with Crippen LogP contribution < -0.4 is 5.73 Å². The first-order valence-corrected chi connectivity index (χ1v) is 7.39. The number of anilines is 1. The summed E-state index contributed by atoms with van der Waals surface area (Å²) in [4.78, 5) is 4.27. The van der Waals surface area contributed by atoms with Crippen molar-refractivity contribution in [2.45, 2.75) is 39.2 Å². The number of halogens is 2. The molecule has 19 heavy (non-hydrogen) atoms. The Kier molecular flexibility index (Phi) is 3.04. The van der Waals surface area contributed by atoms with E-state index in [0.717, 1.165) is 12.1 Å². The highest BCUT2D eigenvalue weighted by atomic mass is 79.9. The number of hydrogen-bond donors (Lipinski definition) is 1. The van der Waals surface area contributed by atoms with E-state index in [1.165, 1.54) is 31.7 Å². The number of nitrogens with two attached hydrogens (primary N) is 1. The molecule has 2 N–H and O–H groups in total. The second-order valence-corrected chi connectivity index (χ2v) is 6.68. The summed E-state index contributed by atoms with van der Waals surface area (Å²) in [7, 11) is 0. The molecule has 1 aromatic heterocycles. The van der Waals surface area contributed by atoms with E-state index in [1.54, 1.807) is 6.07 Å². The molecular formula is C14H17BrFN3. The van der Waals surface area contributed by atoms with E-state index in [9.17, 15) is 4.39 Å². The first kappa shape index (κ1) is 12.9. The lowest BCUT2D eigenvalue weighted by atomic mass is 9.89. The molecule has 0 amide bonds. The predicted molar refractivity (Wildman–Crippen MR) is 78.4 cm³/mol. The van der Waals surface area contributed by atoms with Crippen LogP contribution in [0.3, 0.4) is 0 Å². The summed E-state index contributed by atoms with van der Waals surface area (Å²) < 4.78 is 16.0. The van der Waals surface area contributed by atoms with Crippen LogP contribution in [0.4, 0.5) is 10.3 Å². The number of nitrogens with zero attached hydrogens (tertiary/aromatic N) is 2. The molecule has 1 heterocycles. The van der Waals surface area contributed by atoms with Crippen LogP contribution in [0.2, 0.25) is 0 Å². The van der Waals surface area contributed by atoms with E-state index in [-0.39, 0.29) is 11.2 Å². The molecule has 1 fully saturated rings. The summed E-state index contributed by atoms with van der Waals surface area (Å²) in [5, 5.41) is 0. The van der Waals surface area contributed by atoms with Gasteiger partial charge in [0.25, 0.3) is 0 Å². The summed E-state index contributed by atoms with van der Waals surface area (Å²) in [5.74, 6) is 0.171. The van der Waals surface area contributed by atoms with Crippen LogP contribution in [0.5, 0.6) is 0 Å². The van der Waals surface area contributed by atoms with E-state index in [0.29, 0.717) is 15.9 Å². The number of aromatic nitrogens is 2. The molecule has 102 valence electrons. The van der Waals surface area contributed by atoms with Gasteiger partial charge in [0.2, 0.25) is 5.95 Å². The molecule has 2 aromatic rings. The van der Waals surface area contributed by atoms with Gasteiger partial charge in [-0.25, -0.2) is 9.37 Å². The molecule has 3 rings (SSSR count). The van der Waals surface area contributed by atoms with E-state index in [4.69, 9.17) is 5.73 Å². The largest absolute Gasteiger partial charge is 0.369 e. The van der Waals surface area contributed by atoms with Crippen LogP contribution in [0.15, 0.2) is 16.6 Å². The monoisotopic (exact) mass is 325 g/mol. The van der Waals surface area contributed by atoms with Gasteiger partial charge in [-0.1, -0.05) is 19.8 Å². The molecule has 1 aliphatic rings. The lowest BCUT2D eigenvalue weighted by Gasteiger charge is -2.24. The summed E-state index contributed by atoms with van der Waals surface area (Å²) >= 11 is 3.23. The minimum atomic E-state index is -0.302. The van der Waals surface area contributed by atoms with Gasteiger partial charge < -0.3 is 10.3 Å². The molecule has 0 radical (unpaired) electrons. The molecule has 1 aromatic carbocycles. The van der Waals surface area contributed by atoms with Gasteiger partial charge in [-0.15, -0.1) is 0 Å². The maximum atomic E-state index is 13.5. The Morgan fingerprint density at radius 1 is 1.42 bits per heavy atom. The highest BCUT2D eigenvalue weighted by Gasteiger charge is 2.30. The molecule has 1 saturated carbocycles. The van der Waals surface area contributed by atoms with Crippen molar-refractivity contribution in [3.8, 4) is 0 Å². The molecule has 0 unspecified atom stereocenters. The zero-order valence-electron chi connectivity index (χ0n) is 10.9. The maximum absolute atomic E-state index is 13.5. The van der Waals surface area contributed by atoms with Crippen LogP contribution in [0, 0.1) is 11.2 Å². The lowest BCUT2D eigenvalue weighted by Crippen LogP contribution is -2.20. The second kappa shape index (κ2) is 4.47. The average molecular weight is 326 g/mol. The van der Waals surface area contributed by atoms with Crippen molar-refractivity contribution in [1.29, 1.82) is 0 Å². The fraction of sp³-hybridized carbons (Fsp3) is 0.500. The standard InChI is InChI=1S/C14H17BrFN3/c1-14(4-2-3-5-14)8-19-12-6-9(15)10(16)7-11(12)18-13(19)17/h6-7H,2-5,8H2,1H3,(H2,17,18). The minimum Gasteiger partial charge on any atom is -0.369 e. The van der Waals surface area contributed by atoms with E-state index >= 15 is 0 Å². The summed E-state index contributed by atoms with van der Waals surface area (Å²) in [6.45, 7) is 3.15. The van der Waals surface area contributed by atoms with Crippen molar-refractivity contribution in [2.24, 2.45) is 5.41 Å². The van der Waals surface area contributed by atoms with Crippen molar-refractivity contribution in [3.05, 3.63) is 22.4 Å². The van der Waals surface area contributed by atoms with Crippen LogP contribution in [0.1, 0.15) is 32.6 Å². The third-order valence-corrected chi connectivity index (χ3v) is 4.78. The van der Waals surface area contributed by atoms with E-state index < -0.39 is 0 Å². The van der Waals surface area contributed by atoms with Gasteiger partial charge in [-0.2, -0.15) is 0 Å². The molecule has 0 spiro atoms. The fourth-order valence-electron chi connectivity index (χ4n) is 3.07. The van der Waals surface area contributed by atoms with Crippen molar-refractivity contribution < 1.29 is 4.39 Å². The summed E-state index contributed by atoms with van der Waals surface area (Å²) in [6, 6.07) is 3.20. The maximum Gasteiger partial charge on any atom is 0.201 e. The summed E-state index contributed by atoms with van der Waals surface area (Å²) in [6.07, 6.45) is 4.99. The normalized spacial score (nSPS) is 18.3. The Balaban J connectivity index is 2.07. The van der Waals surface area contributed by atoms with Crippen LogP contribution in [0.25, 0.3) is 11.0 Å². The van der Waals surface area contributed by atoms with Gasteiger partial charge in [0.15, 0.2) is 0 Å². The number of imidazole rings is 1. The predicted octanol–water partition coefficient (Wildman–Crippen LogP) is 4.10. The zero-order chi connectivity index (χ0) is 13.6. The van der Waals surface area contributed by atoms with Crippen molar-refractivity contribution in [2.75, 3.05) is 5.73 Å². The van der Waals surface area contributed by atoms with Gasteiger partial charge >= 0.3 is 0 Å². The Labute approximate surface area is 120 Å². The molecule has 5 heteroatoms. The number of hydrogen-bond acceptors (Lipinski definition) is 2. The third kappa shape index (κ3) is 2.24. The highest BCUT2D eigenvalue weighted by molar-refractivity contribution is 9.10. The van der Waals surface area contributed by atoms with E-state index in [1.807, 2.05) is 4.57 Å². The Morgan fingerprint density at radius 3 is 2.79 bits per heavy atom. The Bertz CT molecular complexity index is 629. The quantitative estimate of drug-likeness (QED) is 0.903. The van der Waals surface area contributed by atoms with Crippen LogP contribution in [-0.4, -0.2) is 9.55 Å². The van der Waals surface area contributed by atoms with Crippen molar-refractivity contribution >= 4 is 32.9 Å². The third-order valence-electron chi connectivity index (χ3n) is 4.17. The first-order chi connectivity index (χ1) is 8.98. The number of nitrogen functional groups attached to an aromatic ring is 1. The van der Waals surface area contributed by atoms with Crippen LogP contribution >= 0.6 is 15.9 Å². The molecule has 1 aliphatic carbocycles. The summed E-state index contributed by atoms with van der Waals surface area (Å²) in [5.41, 5.74) is 7.81. The molecule has 0 bridgehead atoms. The molecule has 3 nitrogen and oxygen atoms in total. The Hall–Kier alpha value is -1.10. The SMILES string of the molecule is CC1(Cn2c(N)nc3cc(F)c(Br)cc32)CCCC1. The minimum absolute atomic E-state index is 0.280. The number of benzene rings is 1. The topological polar surface area (TPSA) is 43.8 Å². The van der Waals surface area contributed by atoms with Gasteiger partial charge in [-0.05, 0) is 40.3 Å². The molecule has 0 aliphatic heterocycles. The number of fused-ring (bicyclic) bond motifs is 1. The van der Waals surface area contributed by atoms with Gasteiger partial charge in [-0.3, -0.25) is 0 Å². The van der Waals surface area contributed by atoms with Crippen LogP contribution in [-0.2, 0) is 6.54 Å². The lowest BCUT2D eigenvalue weighted by molar-refractivity contribution is 0.287. The smallest absolute Gasteiger partial charge is 0.201 e. The van der Waals surface area contributed by atoms with E-state index in [2.05, 4.69) is 27.8 Å². The zero-order valence-corrected chi connectivity index (χ0v) is 12.5. The molecule has 0 saturated heterocycles. The van der Waals surface area contributed by atoms with Gasteiger partial charge in [0.1, 0.15) is 5.82 Å². The van der Waals surface area contributed by atoms with Gasteiger partial charge in [0.05, 0.1) is 15.5 Å². The number of rotatable bonds is 2. The van der Waals surface area contributed by atoms with Crippen molar-refractivity contribution in [3.63, 3.8) is 0 Å². The highest BCUT2D eigenvalue weighted by Crippen LogP contribution is 2.40. The van der Waals surface area contributed by atoms with Crippen molar-refractivity contribution in [1.82, 2.24) is 9.55 Å². The molecule has 0 atom stereocenters. The van der Waals surface area contributed by atoms with Gasteiger partial charge in [0, 0.05) is 12.6 Å². The fourth-order valence-corrected chi connectivity index (χ4v) is 3.40. The average Bonchev–Trinajstić information content (AvgIpc) is 2.88.